The molecule has 1 heterocycles. The van der Waals surface area contributed by atoms with Gasteiger partial charge < -0.3 is 0 Å². The fourth-order valence-corrected chi connectivity index (χ4v) is 1.67. The van der Waals surface area contributed by atoms with Crippen LogP contribution < -0.4 is 0 Å². The maximum Gasteiger partial charge on any atom is 0.0757 e. The van der Waals surface area contributed by atoms with Crippen molar-refractivity contribution in [2.45, 2.75) is 31.7 Å². The summed E-state index contributed by atoms with van der Waals surface area (Å²) < 4.78 is 1.99. The van der Waals surface area contributed by atoms with Gasteiger partial charge in [-0.3, -0.25) is 4.68 Å². The van der Waals surface area contributed by atoms with E-state index in [9.17, 15) is 0 Å². The second kappa shape index (κ2) is 3.81. The van der Waals surface area contributed by atoms with E-state index in [4.69, 9.17) is 0 Å². The number of nitrogens with zero attached hydrogens (tertiary/aromatic N) is 2. The van der Waals surface area contributed by atoms with Crippen molar-refractivity contribution in [1.29, 1.82) is 0 Å². The Kier molecular flexibility index (Phi) is 3.00. The van der Waals surface area contributed by atoms with Crippen molar-refractivity contribution in [1.82, 2.24) is 9.78 Å². The van der Waals surface area contributed by atoms with Gasteiger partial charge in [0.1, 0.15) is 0 Å². The van der Waals surface area contributed by atoms with Gasteiger partial charge in [-0.1, -0.05) is 6.92 Å². The number of rotatable bonds is 3. The molecular formula is C8H14N2S. The van der Waals surface area contributed by atoms with Gasteiger partial charge in [-0.25, -0.2) is 0 Å². The zero-order chi connectivity index (χ0) is 8.27. The van der Waals surface area contributed by atoms with Gasteiger partial charge in [0.05, 0.1) is 5.69 Å². The molecule has 0 aliphatic rings. The predicted octanol–water partition coefficient (Wildman–Crippen LogP) is 2.19. The van der Waals surface area contributed by atoms with E-state index in [0.29, 0.717) is 0 Å². The Morgan fingerprint density at radius 1 is 1.55 bits per heavy atom. The van der Waals surface area contributed by atoms with Gasteiger partial charge in [0, 0.05) is 17.6 Å². The van der Waals surface area contributed by atoms with Crippen LogP contribution >= 0.6 is 11.8 Å². The zero-order valence-electron chi connectivity index (χ0n) is 7.29. The highest BCUT2D eigenvalue weighted by molar-refractivity contribution is 7.98. The summed E-state index contributed by atoms with van der Waals surface area (Å²) in [5.41, 5.74) is 1.22. The Labute approximate surface area is 72.0 Å². The predicted molar refractivity (Wildman–Crippen MR) is 49.1 cm³/mol. The molecule has 0 fully saturated rings. The highest BCUT2D eigenvalue weighted by Gasteiger charge is 2.03. The number of aromatic nitrogens is 2. The highest BCUT2D eigenvalue weighted by Crippen LogP contribution is 2.18. The van der Waals surface area contributed by atoms with Crippen LogP contribution in [0.15, 0.2) is 11.1 Å². The van der Waals surface area contributed by atoms with Crippen LogP contribution in [0.1, 0.15) is 19.5 Å². The van der Waals surface area contributed by atoms with Crippen LogP contribution in [0.5, 0.6) is 0 Å². The van der Waals surface area contributed by atoms with Crippen molar-refractivity contribution in [2.24, 2.45) is 0 Å². The summed E-state index contributed by atoms with van der Waals surface area (Å²) in [5.74, 6) is 0. The lowest BCUT2D eigenvalue weighted by Crippen LogP contribution is -1.94. The number of hydrogen-bond acceptors (Lipinski definition) is 2. The first-order valence-electron chi connectivity index (χ1n) is 3.92. The number of aryl methyl sites for hydroxylation is 2. The van der Waals surface area contributed by atoms with Gasteiger partial charge in [-0.15, -0.1) is 11.8 Å². The fraction of sp³-hybridized carbons (Fsp3) is 0.625. The van der Waals surface area contributed by atoms with Crippen LogP contribution in [-0.4, -0.2) is 16.0 Å². The minimum Gasteiger partial charge on any atom is -0.272 e. The molecule has 0 unspecified atom stereocenters. The van der Waals surface area contributed by atoms with Gasteiger partial charge >= 0.3 is 0 Å². The molecule has 11 heavy (non-hydrogen) atoms. The van der Waals surface area contributed by atoms with Gasteiger partial charge in [0.15, 0.2) is 0 Å². The third kappa shape index (κ3) is 1.77. The smallest absolute Gasteiger partial charge is 0.0757 e. The molecular weight excluding hydrogens is 156 g/mol. The molecule has 2 nitrogen and oxygen atoms in total. The second-order valence-corrected chi connectivity index (χ2v) is 3.20. The van der Waals surface area contributed by atoms with Gasteiger partial charge in [0.2, 0.25) is 0 Å². The standard InChI is InChI=1S/C8H14N2S/c1-4-7-8(11-3)6-10(5-2)9-7/h6H,4-5H2,1-3H3. The minimum atomic E-state index is 0.966. The van der Waals surface area contributed by atoms with E-state index in [0.717, 1.165) is 13.0 Å². The monoisotopic (exact) mass is 170 g/mol. The zero-order valence-corrected chi connectivity index (χ0v) is 8.11. The van der Waals surface area contributed by atoms with Gasteiger partial charge in [-0.05, 0) is 19.6 Å². The van der Waals surface area contributed by atoms with Gasteiger partial charge in [0.25, 0.3) is 0 Å². The highest BCUT2D eigenvalue weighted by atomic mass is 32.2. The van der Waals surface area contributed by atoms with Crippen LogP contribution in [0.2, 0.25) is 0 Å². The molecule has 0 saturated heterocycles. The SMILES string of the molecule is CCc1nn(CC)cc1SC. The van der Waals surface area contributed by atoms with Crippen molar-refractivity contribution in [3.63, 3.8) is 0 Å². The molecule has 0 atom stereocenters. The molecule has 0 N–H and O–H groups in total. The average Bonchev–Trinajstić information content (AvgIpc) is 2.46. The van der Waals surface area contributed by atoms with Crippen molar-refractivity contribution < 1.29 is 0 Å². The molecule has 0 aliphatic heterocycles. The summed E-state index contributed by atoms with van der Waals surface area (Å²) in [7, 11) is 0. The first-order chi connectivity index (χ1) is 5.31. The molecule has 0 radical (unpaired) electrons. The Hall–Kier alpha value is -0.440. The van der Waals surface area contributed by atoms with Crippen molar-refractivity contribution in [2.75, 3.05) is 6.26 Å². The van der Waals surface area contributed by atoms with E-state index in [1.165, 1.54) is 10.6 Å². The number of hydrogen-bond donors (Lipinski definition) is 0. The van der Waals surface area contributed by atoms with Crippen molar-refractivity contribution >= 4 is 11.8 Å². The molecule has 0 bridgehead atoms. The summed E-state index contributed by atoms with van der Waals surface area (Å²) in [6, 6.07) is 0. The van der Waals surface area contributed by atoms with E-state index in [2.05, 4.69) is 31.4 Å². The fourth-order valence-electron chi connectivity index (χ4n) is 1.02. The summed E-state index contributed by atoms with van der Waals surface area (Å²) >= 11 is 1.77. The lowest BCUT2D eigenvalue weighted by molar-refractivity contribution is 0.648. The van der Waals surface area contributed by atoms with Crippen LogP contribution in [0.3, 0.4) is 0 Å². The topological polar surface area (TPSA) is 17.8 Å². The van der Waals surface area contributed by atoms with Crippen LogP contribution in [0, 0.1) is 0 Å². The molecule has 0 aliphatic carbocycles. The first-order valence-corrected chi connectivity index (χ1v) is 5.14. The molecule has 3 heteroatoms. The quantitative estimate of drug-likeness (QED) is 0.647. The molecule has 1 rings (SSSR count). The lowest BCUT2D eigenvalue weighted by Gasteiger charge is -1.90. The minimum absolute atomic E-state index is 0.966. The summed E-state index contributed by atoms with van der Waals surface area (Å²) in [6.45, 7) is 5.21. The largest absolute Gasteiger partial charge is 0.272 e. The third-order valence-electron chi connectivity index (χ3n) is 1.68. The van der Waals surface area contributed by atoms with Crippen molar-refractivity contribution in [3.05, 3.63) is 11.9 Å². The third-order valence-corrected chi connectivity index (χ3v) is 2.46. The summed E-state index contributed by atoms with van der Waals surface area (Å²) in [4.78, 5) is 1.31. The molecule has 0 aromatic carbocycles. The van der Waals surface area contributed by atoms with E-state index in [1.54, 1.807) is 11.8 Å². The maximum atomic E-state index is 4.41. The molecule has 1 aromatic heterocycles. The Morgan fingerprint density at radius 2 is 2.27 bits per heavy atom. The van der Waals surface area contributed by atoms with E-state index >= 15 is 0 Å². The normalized spacial score (nSPS) is 10.5. The Morgan fingerprint density at radius 3 is 2.64 bits per heavy atom. The average molecular weight is 170 g/mol. The summed E-state index contributed by atoms with van der Waals surface area (Å²) in [5, 5.41) is 4.41. The molecule has 1 aromatic rings. The lowest BCUT2D eigenvalue weighted by atomic mass is 10.3. The summed E-state index contributed by atoms with van der Waals surface area (Å²) in [6.07, 6.45) is 5.24. The maximum absolute atomic E-state index is 4.41. The van der Waals surface area contributed by atoms with Crippen LogP contribution in [0.25, 0.3) is 0 Å². The van der Waals surface area contributed by atoms with E-state index < -0.39 is 0 Å². The Bertz CT molecular complexity index is 208. The van der Waals surface area contributed by atoms with Crippen LogP contribution in [0.4, 0.5) is 0 Å². The van der Waals surface area contributed by atoms with Gasteiger partial charge in [-0.2, -0.15) is 5.10 Å². The molecule has 0 spiro atoms. The second-order valence-electron chi connectivity index (χ2n) is 2.35. The van der Waals surface area contributed by atoms with Crippen molar-refractivity contribution in [3.8, 4) is 0 Å². The molecule has 0 amide bonds. The van der Waals surface area contributed by atoms with Crippen LogP contribution in [-0.2, 0) is 13.0 Å². The van der Waals surface area contributed by atoms with E-state index in [-0.39, 0.29) is 0 Å². The molecule has 62 valence electrons. The first kappa shape index (κ1) is 8.65. The Balaban J connectivity index is 2.92. The molecule has 0 saturated carbocycles. The van der Waals surface area contributed by atoms with E-state index in [1.807, 2.05) is 4.68 Å². The number of thioether (sulfide) groups is 1.